The summed E-state index contributed by atoms with van der Waals surface area (Å²) in [4.78, 5) is 14.9. The second-order valence-electron chi connectivity index (χ2n) is 3.90. The van der Waals surface area contributed by atoms with Crippen molar-refractivity contribution in [3.05, 3.63) is 46.5 Å². The molecule has 0 fully saturated rings. The van der Waals surface area contributed by atoms with E-state index in [0.717, 1.165) is 11.5 Å². The lowest BCUT2D eigenvalue weighted by Crippen LogP contribution is -2.27. The monoisotopic (exact) mass is 281 g/mol. The fourth-order valence-electron chi connectivity index (χ4n) is 1.47. The number of amides is 1. The van der Waals surface area contributed by atoms with Crippen LogP contribution in [-0.2, 0) is 17.1 Å². The molecule has 0 bridgehead atoms. The van der Waals surface area contributed by atoms with Crippen LogP contribution in [0.15, 0.2) is 40.3 Å². The van der Waals surface area contributed by atoms with E-state index in [1.807, 2.05) is 36.7 Å². The van der Waals surface area contributed by atoms with Gasteiger partial charge in [0.1, 0.15) is 5.76 Å². The number of thiophene rings is 1. The summed E-state index contributed by atoms with van der Waals surface area (Å²) in [5, 5.41) is 2.03. The minimum absolute atomic E-state index is 0.153. The molecule has 0 spiro atoms. The Morgan fingerprint density at radius 2 is 2.33 bits per heavy atom. The second-order valence-corrected chi connectivity index (χ2v) is 5.92. The maximum atomic E-state index is 11.9. The van der Waals surface area contributed by atoms with Crippen molar-refractivity contribution in [1.29, 1.82) is 0 Å². The van der Waals surface area contributed by atoms with Crippen LogP contribution in [0.25, 0.3) is 0 Å². The zero-order valence-electron chi connectivity index (χ0n) is 10.2. The zero-order valence-corrected chi connectivity index (χ0v) is 11.8. The molecule has 1 amide bonds. The number of furan rings is 1. The summed E-state index contributed by atoms with van der Waals surface area (Å²) in [5.41, 5.74) is 0. The summed E-state index contributed by atoms with van der Waals surface area (Å²) in [7, 11) is 1.84. The van der Waals surface area contributed by atoms with Crippen LogP contribution in [-0.4, -0.2) is 23.6 Å². The molecule has 18 heavy (non-hydrogen) atoms. The molecule has 0 saturated carbocycles. The molecule has 0 radical (unpaired) electrons. The van der Waals surface area contributed by atoms with Crippen LogP contribution in [0.2, 0.25) is 0 Å². The Hall–Kier alpha value is -1.20. The average Bonchev–Trinajstić information content (AvgIpc) is 3.01. The number of nitrogens with zero attached hydrogens (tertiary/aromatic N) is 1. The molecule has 0 aliphatic rings. The molecular formula is C13H15NO2S2. The van der Waals surface area contributed by atoms with Crippen LogP contribution in [0.5, 0.6) is 0 Å². The summed E-state index contributed by atoms with van der Waals surface area (Å²) in [6.45, 7) is 0.692. The third-order valence-electron chi connectivity index (χ3n) is 2.45. The van der Waals surface area contributed by atoms with E-state index in [1.54, 1.807) is 34.3 Å². The van der Waals surface area contributed by atoms with E-state index in [9.17, 15) is 4.79 Å². The second kappa shape index (κ2) is 6.66. The zero-order chi connectivity index (χ0) is 12.8. The molecule has 2 rings (SSSR count). The fraction of sp³-hybridized carbons (Fsp3) is 0.308. The predicted molar refractivity (Wildman–Crippen MR) is 75.7 cm³/mol. The van der Waals surface area contributed by atoms with Gasteiger partial charge in [-0.15, -0.1) is 23.1 Å². The average molecular weight is 281 g/mol. The SMILES string of the molecule is CN(Cc1cccs1)C(=O)CSCc1ccco1. The first kappa shape index (κ1) is 13.2. The van der Waals surface area contributed by atoms with Gasteiger partial charge in [-0.05, 0) is 23.6 Å². The van der Waals surface area contributed by atoms with Gasteiger partial charge < -0.3 is 9.32 Å². The first-order chi connectivity index (χ1) is 8.75. The van der Waals surface area contributed by atoms with Crippen molar-refractivity contribution in [3.63, 3.8) is 0 Å². The fourth-order valence-corrected chi connectivity index (χ4v) is 3.09. The number of hydrogen-bond acceptors (Lipinski definition) is 4. The van der Waals surface area contributed by atoms with E-state index >= 15 is 0 Å². The molecule has 0 unspecified atom stereocenters. The summed E-state index contributed by atoms with van der Waals surface area (Å²) in [6.07, 6.45) is 1.65. The lowest BCUT2D eigenvalue weighted by molar-refractivity contribution is -0.127. The summed E-state index contributed by atoms with van der Waals surface area (Å²) < 4.78 is 5.22. The van der Waals surface area contributed by atoms with Gasteiger partial charge in [-0.2, -0.15) is 0 Å². The largest absolute Gasteiger partial charge is 0.468 e. The Bertz CT molecular complexity index is 465. The van der Waals surface area contributed by atoms with Crippen LogP contribution in [0.4, 0.5) is 0 Å². The number of carbonyl (C=O) groups excluding carboxylic acids is 1. The molecule has 96 valence electrons. The van der Waals surface area contributed by atoms with E-state index in [0.29, 0.717) is 12.3 Å². The molecule has 0 atom stereocenters. The van der Waals surface area contributed by atoms with Crippen molar-refractivity contribution < 1.29 is 9.21 Å². The smallest absolute Gasteiger partial charge is 0.232 e. The Kier molecular flexibility index (Phi) is 4.90. The molecule has 0 aliphatic heterocycles. The maximum Gasteiger partial charge on any atom is 0.232 e. The van der Waals surface area contributed by atoms with E-state index in [4.69, 9.17) is 4.42 Å². The molecule has 2 aromatic rings. The standard InChI is InChI=1S/C13H15NO2S2/c1-14(8-12-5-3-7-18-12)13(15)10-17-9-11-4-2-6-16-11/h2-7H,8-10H2,1H3. The van der Waals surface area contributed by atoms with Crippen molar-refractivity contribution in [3.8, 4) is 0 Å². The normalized spacial score (nSPS) is 10.5. The Morgan fingerprint density at radius 1 is 1.44 bits per heavy atom. The molecule has 5 heteroatoms. The minimum atomic E-state index is 0.153. The predicted octanol–water partition coefficient (Wildman–Crippen LogP) is 3.23. The lowest BCUT2D eigenvalue weighted by atomic mass is 10.4. The highest BCUT2D eigenvalue weighted by Gasteiger charge is 2.10. The Morgan fingerprint density at radius 3 is 3.00 bits per heavy atom. The van der Waals surface area contributed by atoms with Gasteiger partial charge in [-0.25, -0.2) is 0 Å². The van der Waals surface area contributed by atoms with Gasteiger partial charge in [0.05, 0.1) is 24.3 Å². The molecular weight excluding hydrogens is 266 g/mol. The van der Waals surface area contributed by atoms with Gasteiger partial charge in [-0.3, -0.25) is 4.79 Å². The Labute approximate surface area is 115 Å². The summed E-state index contributed by atoms with van der Waals surface area (Å²) in [5.74, 6) is 2.29. The van der Waals surface area contributed by atoms with E-state index in [1.165, 1.54) is 4.88 Å². The quantitative estimate of drug-likeness (QED) is 0.815. The van der Waals surface area contributed by atoms with Gasteiger partial charge >= 0.3 is 0 Å². The summed E-state index contributed by atoms with van der Waals surface area (Å²) >= 11 is 3.25. The van der Waals surface area contributed by atoms with E-state index in [2.05, 4.69) is 0 Å². The highest BCUT2D eigenvalue weighted by atomic mass is 32.2. The Balaban J connectivity index is 1.70. The minimum Gasteiger partial charge on any atom is -0.468 e. The molecule has 0 saturated heterocycles. The van der Waals surface area contributed by atoms with Gasteiger partial charge in [-0.1, -0.05) is 6.07 Å². The number of rotatable bonds is 6. The van der Waals surface area contributed by atoms with Crippen LogP contribution in [0.1, 0.15) is 10.6 Å². The van der Waals surface area contributed by atoms with Crippen LogP contribution >= 0.6 is 23.1 Å². The third kappa shape index (κ3) is 3.92. The maximum absolute atomic E-state index is 11.9. The highest BCUT2D eigenvalue weighted by Crippen LogP contribution is 2.15. The van der Waals surface area contributed by atoms with Crippen molar-refractivity contribution in [1.82, 2.24) is 4.90 Å². The van der Waals surface area contributed by atoms with Gasteiger partial charge in [0.25, 0.3) is 0 Å². The highest BCUT2D eigenvalue weighted by molar-refractivity contribution is 7.99. The first-order valence-corrected chi connectivity index (χ1v) is 7.65. The molecule has 0 N–H and O–H groups in total. The van der Waals surface area contributed by atoms with Crippen molar-refractivity contribution in [2.45, 2.75) is 12.3 Å². The molecule has 0 aliphatic carbocycles. The number of hydrogen-bond donors (Lipinski definition) is 0. The lowest BCUT2D eigenvalue weighted by Gasteiger charge is -2.15. The first-order valence-electron chi connectivity index (χ1n) is 5.62. The van der Waals surface area contributed by atoms with Gasteiger partial charge in [0, 0.05) is 11.9 Å². The van der Waals surface area contributed by atoms with E-state index in [-0.39, 0.29) is 5.91 Å². The molecule has 3 nitrogen and oxygen atoms in total. The molecule has 0 aromatic carbocycles. The van der Waals surface area contributed by atoms with Crippen molar-refractivity contribution in [2.75, 3.05) is 12.8 Å². The number of thioether (sulfide) groups is 1. The third-order valence-corrected chi connectivity index (χ3v) is 4.25. The van der Waals surface area contributed by atoms with Crippen LogP contribution < -0.4 is 0 Å². The van der Waals surface area contributed by atoms with Crippen LogP contribution in [0, 0.1) is 0 Å². The molecule has 2 aromatic heterocycles. The van der Waals surface area contributed by atoms with Crippen molar-refractivity contribution in [2.24, 2.45) is 0 Å². The van der Waals surface area contributed by atoms with Crippen LogP contribution in [0.3, 0.4) is 0 Å². The van der Waals surface area contributed by atoms with Gasteiger partial charge in [0.2, 0.25) is 5.91 Å². The van der Waals surface area contributed by atoms with Crippen molar-refractivity contribution >= 4 is 29.0 Å². The number of carbonyl (C=O) groups is 1. The topological polar surface area (TPSA) is 33.5 Å². The molecule has 2 heterocycles. The van der Waals surface area contributed by atoms with Gasteiger partial charge in [0.15, 0.2) is 0 Å². The van der Waals surface area contributed by atoms with E-state index < -0.39 is 0 Å². The summed E-state index contributed by atoms with van der Waals surface area (Å²) in [6, 6.07) is 7.84.